The average molecular weight is 383 g/mol. The number of amides is 3. The number of carboxylic acid groups (broad SMARTS) is 1. The minimum Gasteiger partial charge on any atom is -0.480 e. The second-order valence-corrected chi connectivity index (χ2v) is 6.91. The van der Waals surface area contributed by atoms with Gasteiger partial charge in [0.1, 0.15) is 6.04 Å². The van der Waals surface area contributed by atoms with E-state index >= 15 is 0 Å². The second kappa shape index (κ2) is 10.1. The van der Waals surface area contributed by atoms with Crippen LogP contribution in [0.15, 0.2) is 54.6 Å². The van der Waals surface area contributed by atoms with Crippen molar-refractivity contribution in [3.8, 4) is 0 Å². The van der Waals surface area contributed by atoms with E-state index in [0.717, 1.165) is 5.56 Å². The van der Waals surface area contributed by atoms with E-state index in [9.17, 15) is 19.5 Å². The molecule has 3 amide bonds. The fourth-order valence-electron chi connectivity index (χ4n) is 2.64. The van der Waals surface area contributed by atoms with Crippen LogP contribution in [0.4, 0.5) is 16.2 Å². The predicted molar refractivity (Wildman–Crippen MR) is 108 cm³/mol. The van der Waals surface area contributed by atoms with Gasteiger partial charge in [-0.25, -0.2) is 9.59 Å². The molecule has 2 aromatic rings. The minimum absolute atomic E-state index is 0.0678. The van der Waals surface area contributed by atoms with Crippen LogP contribution >= 0.6 is 0 Å². The van der Waals surface area contributed by atoms with E-state index in [4.69, 9.17) is 0 Å². The Labute approximate surface area is 164 Å². The van der Waals surface area contributed by atoms with Gasteiger partial charge in [-0.05, 0) is 42.2 Å². The monoisotopic (exact) mass is 383 g/mol. The van der Waals surface area contributed by atoms with Crippen LogP contribution in [-0.2, 0) is 16.0 Å². The number of aliphatic carboxylic acids is 1. The summed E-state index contributed by atoms with van der Waals surface area (Å²) < 4.78 is 0. The highest BCUT2D eigenvalue weighted by Crippen LogP contribution is 2.12. The van der Waals surface area contributed by atoms with E-state index in [1.165, 1.54) is 0 Å². The van der Waals surface area contributed by atoms with Gasteiger partial charge in [0.05, 0.1) is 6.42 Å². The number of carboxylic acids is 1. The Hall–Kier alpha value is -3.35. The van der Waals surface area contributed by atoms with Crippen molar-refractivity contribution in [2.45, 2.75) is 32.7 Å². The molecule has 7 heteroatoms. The van der Waals surface area contributed by atoms with Crippen molar-refractivity contribution in [2.24, 2.45) is 5.92 Å². The summed E-state index contributed by atoms with van der Waals surface area (Å²) in [6.07, 6.45) is 0.443. The molecule has 0 aromatic heterocycles. The number of hydrogen-bond acceptors (Lipinski definition) is 3. The van der Waals surface area contributed by atoms with Crippen LogP contribution in [0.5, 0.6) is 0 Å². The first kappa shape index (κ1) is 21.0. The molecule has 2 rings (SSSR count). The van der Waals surface area contributed by atoms with Crippen molar-refractivity contribution in [3.63, 3.8) is 0 Å². The Morgan fingerprint density at radius 1 is 0.893 bits per heavy atom. The number of rotatable bonds is 8. The van der Waals surface area contributed by atoms with Gasteiger partial charge in [0.2, 0.25) is 5.91 Å². The Morgan fingerprint density at radius 2 is 1.46 bits per heavy atom. The maximum absolute atomic E-state index is 12.1. The van der Waals surface area contributed by atoms with Crippen molar-refractivity contribution < 1.29 is 19.5 Å². The molecule has 0 aliphatic heterocycles. The smallest absolute Gasteiger partial charge is 0.326 e. The average Bonchev–Trinajstić information content (AvgIpc) is 2.63. The summed E-state index contributed by atoms with van der Waals surface area (Å²) >= 11 is 0. The van der Waals surface area contributed by atoms with Gasteiger partial charge in [0, 0.05) is 11.4 Å². The molecule has 28 heavy (non-hydrogen) atoms. The number of carbonyl (C=O) groups is 3. The highest BCUT2D eigenvalue weighted by Gasteiger charge is 2.21. The van der Waals surface area contributed by atoms with Crippen molar-refractivity contribution in [2.75, 3.05) is 10.6 Å². The van der Waals surface area contributed by atoms with E-state index in [2.05, 4.69) is 16.0 Å². The molecule has 0 saturated heterocycles. The lowest BCUT2D eigenvalue weighted by molar-refractivity contribution is -0.142. The lowest BCUT2D eigenvalue weighted by atomic mass is 10.0. The van der Waals surface area contributed by atoms with Gasteiger partial charge in [-0.1, -0.05) is 44.2 Å². The maximum Gasteiger partial charge on any atom is 0.326 e. The topological polar surface area (TPSA) is 108 Å². The van der Waals surface area contributed by atoms with Crippen molar-refractivity contribution in [1.82, 2.24) is 5.32 Å². The third-order valence-electron chi connectivity index (χ3n) is 3.95. The number of anilines is 2. The molecule has 0 aliphatic carbocycles. The fourth-order valence-corrected chi connectivity index (χ4v) is 2.64. The lowest BCUT2D eigenvalue weighted by Gasteiger charge is -2.16. The summed E-state index contributed by atoms with van der Waals surface area (Å²) in [6.45, 7) is 3.81. The SMILES string of the molecule is CC(C)CC(NC(=O)Cc1ccc(NC(=O)Nc2ccccc2)cc1)C(=O)O. The Bertz CT molecular complexity index is 804. The van der Waals surface area contributed by atoms with Crippen LogP contribution in [0, 0.1) is 5.92 Å². The molecular formula is C21H25N3O4. The summed E-state index contributed by atoms with van der Waals surface area (Å²) in [5.41, 5.74) is 1.99. The fraction of sp³-hybridized carbons (Fsp3) is 0.286. The van der Waals surface area contributed by atoms with Gasteiger partial charge in [0.25, 0.3) is 0 Å². The quantitative estimate of drug-likeness (QED) is 0.560. The Morgan fingerprint density at radius 3 is 2.00 bits per heavy atom. The molecule has 0 aliphatic rings. The predicted octanol–water partition coefficient (Wildman–Crippen LogP) is 3.49. The van der Waals surface area contributed by atoms with Crippen LogP contribution in [0.3, 0.4) is 0 Å². The molecule has 0 fully saturated rings. The summed E-state index contributed by atoms with van der Waals surface area (Å²) in [5, 5.41) is 17.2. The third kappa shape index (κ3) is 7.11. The van der Waals surface area contributed by atoms with E-state index in [0.29, 0.717) is 17.8 Å². The van der Waals surface area contributed by atoms with E-state index in [1.54, 1.807) is 36.4 Å². The highest BCUT2D eigenvalue weighted by molar-refractivity contribution is 5.99. The number of nitrogens with one attached hydrogen (secondary N) is 3. The van der Waals surface area contributed by atoms with Gasteiger partial charge >= 0.3 is 12.0 Å². The maximum atomic E-state index is 12.1. The Balaban J connectivity index is 1.87. The van der Waals surface area contributed by atoms with Crippen LogP contribution in [0.1, 0.15) is 25.8 Å². The van der Waals surface area contributed by atoms with E-state index in [-0.39, 0.29) is 24.3 Å². The molecule has 148 valence electrons. The zero-order valence-corrected chi connectivity index (χ0v) is 15.9. The molecule has 2 aromatic carbocycles. The zero-order chi connectivity index (χ0) is 20.5. The van der Waals surface area contributed by atoms with Gasteiger partial charge < -0.3 is 21.1 Å². The Kier molecular flexibility index (Phi) is 7.56. The zero-order valence-electron chi connectivity index (χ0n) is 15.9. The lowest BCUT2D eigenvalue weighted by Crippen LogP contribution is -2.42. The summed E-state index contributed by atoms with van der Waals surface area (Å²) in [4.78, 5) is 35.3. The van der Waals surface area contributed by atoms with Crippen LogP contribution in [0.25, 0.3) is 0 Å². The molecule has 0 spiro atoms. The highest BCUT2D eigenvalue weighted by atomic mass is 16.4. The number of para-hydroxylation sites is 1. The number of benzene rings is 2. The van der Waals surface area contributed by atoms with Crippen molar-refractivity contribution >= 4 is 29.3 Å². The van der Waals surface area contributed by atoms with Gasteiger partial charge in [0.15, 0.2) is 0 Å². The normalized spacial score (nSPS) is 11.5. The molecule has 4 N–H and O–H groups in total. The second-order valence-electron chi connectivity index (χ2n) is 6.91. The van der Waals surface area contributed by atoms with Crippen molar-refractivity contribution in [1.29, 1.82) is 0 Å². The largest absolute Gasteiger partial charge is 0.480 e. The number of urea groups is 1. The summed E-state index contributed by atoms with van der Waals surface area (Å²) in [5.74, 6) is -1.23. The summed E-state index contributed by atoms with van der Waals surface area (Å²) in [7, 11) is 0. The first-order chi connectivity index (χ1) is 13.3. The number of hydrogen-bond donors (Lipinski definition) is 4. The van der Waals surface area contributed by atoms with E-state index in [1.807, 2.05) is 32.0 Å². The van der Waals surface area contributed by atoms with Crippen LogP contribution in [0.2, 0.25) is 0 Å². The first-order valence-electron chi connectivity index (χ1n) is 9.07. The standard InChI is InChI=1S/C21H25N3O4/c1-14(2)12-18(20(26)27)24-19(25)13-15-8-10-17(11-9-15)23-21(28)22-16-6-4-3-5-7-16/h3-11,14,18H,12-13H2,1-2H3,(H,24,25)(H,26,27)(H2,22,23,28). The summed E-state index contributed by atoms with van der Waals surface area (Å²) in [6, 6.07) is 14.6. The third-order valence-corrected chi connectivity index (χ3v) is 3.95. The van der Waals surface area contributed by atoms with Crippen LogP contribution < -0.4 is 16.0 Å². The molecule has 0 saturated carbocycles. The van der Waals surface area contributed by atoms with Crippen LogP contribution in [-0.4, -0.2) is 29.1 Å². The molecule has 1 unspecified atom stereocenters. The van der Waals surface area contributed by atoms with Gasteiger partial charge in [-0.3, -0.25) is 4.79 Å². The molecule has 0 heterocycles. The number of carbonyl (C=O) groups excluding carboxylic acids is 2. The minimum atomic E-state index is -1.04. The molecule has 1 atom stereocenters. The molecule has 0 radical (unpaired) electrons. The first-order valence-corrected chi connectivity index (χ1v) is 9.07. The van der Waals surface area contributed by atoms with Gasteiger partial charge in [-0.15, -0.1) is 0 Å². The molecule has 7 nitrogen and oxygen atoms in total. The molecule has 0 bridgehead atoms. The molecular weight excluding hydrogens is 358 g/mol. The van der Waals surface area contributed by atoms with E-state index < -0.39 is 12.0 Å². The van der Waals surface area contributed by atoms with Gasteiger partial charge in [-0.2, -0.15) is 0 Å². The van der Waals surface area contributed by atoms with Crippen molar-refractivity contribution in [3.05, 3.63) is 60.2 Å².